The lowest BCUT2D eigenvalue weighted by Gasteiger charge is -2.21. The van der Waals surface area contributed by atoms with Gasteiger partial charge in [0.1, 0.15) is 17.2 Å². The van der Waals surface area contributed by atoms with Gasteiger partial charge in [-0.15, -0.1) is 10.0 Å². The van der Waals surface area contributed by atoms with Crippen LogP contribution in [0.2, 0.25) is 0 Å². The highest BCUT2D eigenvalue weighted by Gasteiger charge is 2.31. The van der Waals surface area contributed by atoms with Crippen LogP contribution in [0.3, 0.4) is 0 Å². The van der Waals surface area contributed by atoms with E-state index in [1.165, 1.54) is 16.8 Å². The van der Waals surface area contributed by atoms with Crippen molar-refractivity contribution in [3.8, 4) is 0 Å². The van der Waals surface area contributed by atoms with Crippen molar-refractivity contribution in [2.45, 2.75) is 52.6 Å². The van der Waals surface area contributed by atoms with E-state index in [-0.39, 0.29) is 41.0 Å². The Morgan fingerprint density at radius 1 is 1.16 bits per heavy atom. The van der Waals surface area contributed by atoms with Crippen molar-refractivity contribution >= 4 is 34.9 Å². The summed E-state index contributed by atoms with van der Waals surface area (Å²) < 4.78 is 27.1. The van der Waals surface area contributed by atoms with Gasteiger partial charge in [0.15, 0.2) is 11.4 Å². The van der Waals surface area contributed by atoms with Crippen molar-refractivity contribution in [2.75, 3.05) is 11.9 Å². The topological polar surface area (TPSA) is 165 Å². The van der Waals surface area contributed by atoms with Crippen molar-refractivity contribution < 1.29 is 18.4 Å². The van der Waals surface area contributed by atoms with E-state index in [9.17, 15) is 28.1 Å². The van der Waals surface area contributed by atoms with Crippen LogP contribution in [0.5, 0.6) is 0 Å². The molecule has 1 aliphatic rings. The maximum absolute atomic E-state index is 13.4. The van der Waals surface area contributed by atoms with E-state index in [0.717, 1.165) is 23.6 Å². The second kappa shape index (κ2) is 9.99. The van der Waals surface area contributed by atoms with Gasteiger partial charge in [0.05, 0.1) is 18.9 Å². The summed E-state index contributed by atoms with van der Waals surface area (Å²) in [4.78, 5) is 57.8. The zero-order valence-corrected chi connectivity index (χ0v) is 20.3. The molecule has 13 nitrogen and oxygen atoms in total. The van der Waals surface area contributed by atoms with Crippen LogP contribution in [0.1, 0.15) is 54.5 Å². The summed E-state index contributed by atoms with van der Waals surface area (Å²) >= 11 is 0. The van der Waals surface area contributed by atoms with Gasteiger partial charge in [-0.25, -0.2) is 18.7 Å². The summed E-state index contributed by atoms with van der Waals surface area (Å²) in [6, 6.07) is 1.43. The molecule has 0 radical (unpaired) electrons. The van der Waals surface area contributed by atoms with Gasteiger partial charge in [-0.1, -0.05) is 20.8 Å². The molecular formula is C22H25F2N9O4. The average Bonchev–Trinajstić information content (AvgIpc) is 3.54. The Kier molecular flexibility index (Phi) is 6.96. The molecule has 1 aliphatic carbocycles. The number of carbonyl (C=O) groups excluding carboxylic acids is 2. The van der Waals surface area contributed by atoms with Gasteiger partial charge in [0.2, 0.25) is 5.82 Å². The number of rotatable bonds is 9. The molecule has 0 spiro atoms. The number of hydrogen-bond acceptors (Lipinski definition) is 9. The first-order valence-electron chi connectivity index (χ1n) is 11.4. The molecule has 3 aromatic rings. The maximum Gasteiger partial charge on any atom is 0.271 e. The van der Waals surface area contributed by atoms with Crippen LogP contribution in [-0.4, -0.2) is 55.0 Å². The zero-order chi connectivity index (χ0) is 26.9. The number of nitrogens with zero attached hydrogens (tertiary/aromatic N) is 6. The molecule has 1 saturated carbocycles. The number of carbonyl (C=O) groups is 2. The first-order valence-corrected chi connectivity index (χ1v) is 11.4. The van der Waals surface area contributed by atoms with Gasteiger partial charge in [-0.2, -0.15) is 4.52 Å². The van der Waals surface area contributed by atoms with E-state index < -0.39 is 41.7 Å². The number of aromatic nitrogens is 5. The van der Waals surface area contributed by atoms with Crippen molar-refractivity contribution in [1.29, 1.82) is 0 Å². The van der Waals surface area contributed by atoms with E-state index in [4.69, 9.17) is 0 Å². The molecule has 3 heterocycles. The summed E-state index contributed by atoms with van der Waals surface area (Å²) in [5.41, 5.74) is -1.38. The van der Waals surface area contributed by atoms with Crippen LogP contribution < -0.4 is 21.5 Å². The van der Waals surface area contributed by atoms with Crippen molar-refractivity contribution in [2.24, 2.45) is 10.6 Å². The number of alkyl halides is 2. The monoisotopic (exact) mass is 517 g/mol. The number of anilines is 2. The predicted octanol–water partition coefficient (Wildman–Crippen LogP) is 2.36. The highest BCUT2D eigenvalue weighted by atomic mass is 19.3. The van der Waals surface area contributed by atoms with Gasteiger partial charge in [0.25, 0.3) is 23.8 Å². The Balaban J connectivity index is 1.70. The van der Waals surface area contributed by atoms with E-state index in [1.807, 2.05) is 26.1 Å². The third-order valence-electron chi connectivity index (χ3n) is 5.27. The molecule has 3 N–H and O–H groups in total. The Morgan fingerprint density at radius 2 is 1.89 bits per heavy atom. The van der Waals surface area contributed by atoms with Crippen LogP contribution in [-0.2, 0) is 6.54 Å². The molecule has 4 rings (SSSR count). The van der Waals surface area contributed by atoms with Crippen molar-refractivity contribution in [1.82, 2.24) is 34.8 Å². The number of nitroso groups, excluding NO2 is 1. The van der Waals surface area contributed by atoms with Gasteiger partial charge < -0.3 is 16.0 Å². The zero-order valence-electron chi connectivity index (χ0n) is 20.3. The fraction of sp³-hybridized carbons (Fsp3) is 0.455. The SMILES string of the molecule is CC(C)(C)Cn1c(=O)c(C(=O)NC2CC2)c(N=O)n2nc(Nc3cnc(C(=O)NCC(F)F)cn3)cc12. The Bertz CT molecular complexity index is 1410. The van der Waals surface area contributed by atoms with Crippen molar-refractivity contribution in [3.63, 3.8) is 0 Å². The van der Waals surface area contributed by atoms with Crippen LogP contribution in [0, 0.1) is 10.3 Å². The minimum absolute atomic E-state index is 0.0491. The second-order valence-corrected chi connectivity index (χ2v) is 9.80. The molecule has 0 unspecified atom stereocenters. The summed E-state index contributed by atoms with van der Waals surface area (Å²) in [7, 11) is 0. The molecule has 0 saturated heterocycles. The van der Waals surface area contributed by atoms with E-state index in [1.54, 1.807) is 0 Å². The quantitative estimate of drug-likeness (QED) is 0.364. The molecule has 2 amide bonds. The minimum Gasteiger partial charge on any atom is -0.349 e. The number of amides is 2. The molecule has 0 aliphatic heterocycles. The first kappa shape index (κ1) is 25.8. The smallest absolute Gasteiger partial charge is 0.271 e. The molecule has 196 valence electrons. The molecule has 3 aromatic heterocycles. The van der Waals surface area contributed by atoms with Crippen molar-refractivity contribution in [3.05, 3.63) is 45.0 Å². The Morgan fingerprint density at radius 3 is 2.46 bits per heavy atom. The van der Waals surface area contributed by atoms with E-state index >= 15 is 0 Å². The molecule has 15 heteroatoms. The number of hydrogen-bond donors (Lipinski definition) is 3. The van der Waals surface area contributed by atoms with Crippen LogP contribution in [0.15, 0.2) is 28.4 Å². The fourth-order valence-electron chi connectivity index (χ4n) is 3.52. The lowest BCUT2D eigenvalue weighted by atomic mass is 9.97. The van der Waals surface area contributed by atoms with Crippen LogP contribution in [0.4, 0.5) is 26.2 Å². The van der Waals surface area contributed by atoms with Gasteiger partial charge in [0, 0.05) is 18.7 Å². The van der Waals surface area contributed by atoms with Gasteiger partial charge in [-0.05, 0) is 23.4 Å². The third-order valence-corrected chi connectivity index (χ3v) is 5.27. The number of fused-ring (bicyclic) bond motifs is 1. The number of nitrogens with one attached hydrogen (secondary N) is 3. The normalized spacial score (nSPS) is 13.6. The maximum atomic E-state index is 13.4. The average molecular weight is 517 g/mol. The molecule has 0 aromatic carbocycles. The van der Waals surface area contributed by atoms with E-state index in [2.05, 4.69) is 30.9 Å². The summed E-state index contributed by atoms with van der Waals surface area (Å²) in [6.07, 6.45) is 1.16. The molecule has 0 bridgehead atoms. The highest BCUT2D eigenvalue weighted by molar-refractivity contribution is 5.98. The largest absolute Gasteiger partial charge is 0.349 e. The minimum atomic E-state index is -2.70. The second-order valence-electron chi connectivity index (χ2n) is 9.80. The molecule has 0 atom stereocenters. The van der Waals surface area contributed by atoms with Gasteiger partial charge >= 0.3 is 0 Å². The molecule has 37 heavy (non-hydrogen) atoms. The van der Waals surface area contributed by atoms with E-state index in [0.29, 0.717) is 0 Å². The van der Waals surface area contributed by atoms with Crippen LogP contribution in [0.25, 0.3) is 5.65 Å². The predicted molar refractivity (Wildman–Crippen MR) is 129 cm³/mol. The lowest BCUT2D eigenvalue weighted by molar-refractivity contribution is 0.0886. The number of halogens is 2. The standard InChI is InChI=1S/C22H25F2N9O4/c1-22(2,3)10-32-16-6-14(29-15-9-25-12(7-26-15)19(34)27-8-13(23)24)30-33(16)18(31-37)17(21(32)36)20(35)28-11-4-5-11/h6-7,9,11,13H,4-5,8,10H2,1-3H3,(H,27,34)(H,28,35)(H,26,29,30). The third kappa shape index (κ3) is 5.92. The van der Waals surface area contributed by atoms with Crippen LogP contribution >= 0.6 is 0 Å². The molecule has 1 fully saturated rings. The summed E-state index contributed by atoms with van der Waals surface area (Å²) in [6.45, 7) is 5.14. The summed E-state index contributed by atoms with van der Waals surface area (Å²) in [5, 5.41) is 14.8. The Hall–Kier alpha value is -4.30. The summed E-state index contributed by atoms with van der Waals surface area (Å²) in [5.74, 6) is -1.64. The fourth-order valence-corrected chi connectivity index (χ4v) is 3.52. The first-order chi connectivity index (χ1) is 17.5. The molecular weight excluding hydrogens is 492 g/mol. The van der Waals surface area contributed by atoms with Gasteiger partial charge in [-0.3, -0.25) is 19.0 Å². The Labute approximate surface area is 208 Å². The lowest BCUT2D eigenvalue weighted by Crippen LogP contribution is -2.37. The highest BCUT2D eigenvalue weighted by Crippen LogP contribution is 2.26.